The summed E-state index contributed by atoms with van der Waals surface area (Å²) in [4.78, 5) is -0.0116. The van der Waals surface area contributed by atoms with Crippen LogP contribution in [-0.2, 0) is 23.5 Å². The van der Waals surface area contributed by atoms with E-state index >= 15 is 0 Å². The number of benzene rings is 1. The zero-order valence-electron chi connectivity index (χ0n) is 11.8. The summed E-state index contributed by atoms with van der Waals surface area (Å²) in [6, 6.07) is 4.06. The summed E-state index contributed by atoms with van der Waals surface area (Å²) in [5, 5.41) is 4.16. The van der Waals surface area contributed by atoms with Gasteiger partial charge >= 0.3 is 0 Å². The number of hydrogen-bond acceptors (Lipinski definition) is 4. The van der Waals surface area contributed by atoms with Gasteiger partial charge in [-0.2, -0.15) is 5.10 Å². The van der Waals surface area contributed by atoms with E-state index in [1.165, 1.54) is 6.92 Å². The van der Waals surface area contributed by atoms with Crippen LogP contribution in [0, 0.1) is 12.7 Å². The zero-order valence-corrected chi connectivity index (χ0v) is 12.6. The van der Waals surface area contributed by atoms with Gasteiger partial charge in [0.1, 0.15) is 5.82 Å². The Kier molecular flexibility index (Phi) is 4.29. The van der Waals surface area contributed by atoms with E-state index in [2.05, 4.69) is 9.82 Å². The Labute approximate surface area is 122 Å². The summed E-state index contributed by atoms with van der Waals surface area (Å²) in [6.45, 7) is 1.73. The predicted molar refractivity (Wildman–Crippen MR) is 77.6 cm³/mol. The Morgan fingerprint density at radius 2 is 2.14 bits per heavy atom. The third-order valence-corrected chi connectivity index (χ3v) is 4.63. The number of nitrogens with zero attached hydrogens (tertiary/aromatic N) is 2. The lowest BCUT2D eigenvalue weighted by atomic mass is 10.2. The normalized spacial score (nSPS) is 11.8. The second kappa shape index (κ2) is 5.82. The van der Waals surface area contributed by atoms with Crippen molar-refractivity contribution in [2.24, 2.45) is 7.05 Å². The molecule has 0 atom stereocenters. The lowest BCUT2D eigenvalue weighted by Crippen LogP contribution is -2.27. The molecule has 2 aromatic rings. The number of sulfonamides is 1. The molecule has 6 nitrogen and oxygen atoms in total. The fourth-order valence-corrected chi connectivity index (χ4v) is 3.24. The summed E-state index contributed by atoms with van der Waals surface area (Å²) in [5.74, 6) is -0.625. The Morgan fingerprint density at radius 1 is 1.43 bits per heavy atom. The lowest BCUT2D eigenvalue weighted by molar-refractivity contribution is 0.579. The van der Waals surface area contributed by atoms with Crippen molar-refractivity contribution in [1.29, 1.82) is 0 Å². The van der Waals surface area contributed by atoms with E-state index < -0.39 is 15.8 Å². The van der Waals surface area contributed by atoms with E-state index in [1.807, 2.05) is 6.07 Å². The molecule has 0 unspecified atom stereocenters. The van der Waals surface area contributed by atoms with Crippen LogP contribution in [0.1, 0.15) is 11.3 Å². The molecule has 0 aliphatic carbocycles. The molecule has 1 heterocycles. The standard InChI is InChI=1S/C13H17FN4O2S/c1-9-7-11(14)12(15)8-13(9)21(19,20)16-5-3-10-4-6-18(2)17-10/h4,6-8,16H,3,5,15H2,1-2H3. The van der Waals surface area contributed by atoms with Crippen LogP contribution >= 0.6 is 0 Å². The average Bonchev–Trinajstić information content (AvgIpc) is 2.79. The topological polar surface area (TPSA) is 90.0 Å². The minimum Gasteiger partial charge on any atom is -0.396 e. The van der Waals surface area contributed by atoms with Crippen molar-refractivity contribution < 1.29 is 12.8 Å². The molecule has 8 heteroatoms. The second-order valence-corrected chi connectivity index (χ2v) is 6.50. The lowest BCUT2D eigenvalue weighted by Gasteiger charge is -2.10. The number of hydrogen-bond donors (Lipinski definition) is 2. The van der Waals surface area contributed by atoms with Crippen molar-refractivity contribution in [3.8, 4) is 0 Å². The highest BCUT2D eigenvalue weighted by atomic mass is 32.2. The number of nitrogen functional groups attached to an aromatic ring is 1. The third-order valence-electron chi connectivity index (χ3n) is 3.03. The molecule has 0 aliphatic rings. The summed E-state index contributed by atoms with van der Waals surface area (Å²) in [7, 11) is -1.93. The predicted octanol–water partition coefficient (Wildman–Crippen LogP) is 0.971. The van der Waals surface area contributed by atoms with Gasteiger partial charge in [0.25, 0.3) is 0 Å². The maximum absolute atomic E-state index is 13.3. The maximum Gasteiger partial charge on any atom is 0.240 e. The number of halogens is 1. The van der Waals surface area contributed by atoms with Crippen LogP contribution in [0.5, 0.6) is 0 Å². The van der Waals surface area contributed by atoms with Gasteiger partial charge in [-0.3, -0.25) is 4.68 Å². The first kappa shape index (κ1) is 15.5. The fourth-order valence-electron chi connectivity index (χ4n) is 1.95. The van der Waals surface area contributed by atoms with Gasteiger partial charge in [0.15, 0.2) is 0 Å². The molecule has 0 bridgehead atoms. The number of nitrogens with one attached hydrogen (secondary N) is 1. The Morgan fingerprint density at radius 3 is 2.76 bits per heavy atom. The summed E-state index contributed by atoms with van der Waals surface area (Å²) in [5.41, 5.74) is 6.34. The quantitative estimate of drug-likeness (QED) is 0.805. The molecule has 0 aliphatic heterocycles. The monoisotopic (exact) mass is 312 g/mol. The van der Waals surface area contributed by atoms with Crippen molar-refractivity contribution in [3.63, 3.8) is 0 Å². The van der Waals surface area contributed by atoms with Gasteiger partial charge < -0.3 is 5.73 Å². The molecule has 0 saturated heterocycles. The number of aryl methyl sites for hydroxylation is 2. The van der Waals surface area contributed by atoms with Crippen molar-refractivity contribution in [2.45, 2.75) is 18.2 Å². The highest BCUT2D eigenvalue weighted by molar-refractivity contribution is 7.89. The van der Waals surface area contributed by atoms with Crippen molar-refractivity contribution in [3.05, 3.63) is 41.5 Å². The summed E-state index contributed by atoms with van der Waals surface area (Å²) >= 11 is 0. The molecule has 3 N–H and O–H groups in total. The Balaban J connectivity index is 2.10. The zero-order chi connectivity index (χ0) is 15.6. The average molecular weight is 312 g/mol. The van der Waals surface area contributed by atoms with Gasteiger partial charge in [-0.05, 0) is 30.7 Å². The van der Waals surface area contributed by atoms with Crippen LogP contribution in [0.3, 0.4) is 0 Å². The van der Waals surface area contributed by atoms with Gasteiger partial charge in [-0.1, -0.05) is 0 Å². The molecule has 114 valence electrons. The largest absolute Gasteiger partial charge is 0.396 e. The highest BCUT2D eigenvalue weighted by Crippen LogP contribution is 2.21. The smallest absolute Gasteiger partial charge is 0.240 e. The molecule has 0 amide bonds. The molecule has 1 aromatic heterocycles. The minimum atomic E-state index is -3.72. The van der Waals surface area contributed by atoms with Crippen LogP contribution in [0.15, 0.2) is 29.3 Å². The first-order valence-corrected chi connectivity index (χ1v) is 7.82. The minimum absolute atomic E-state index is 0.0116. The van der Waals surface area contributed by atoms with E-state index in [1.54, 1.807) is 17.9 Å². The van der Waals surface area contributed by atoms with Crippen molar-refractivity contribution >= 4 is 15.7 Å². The Bertz CT molecular complexity index is 756. The number of rotatable bonds is 5. The van der Waals surface area contributed by atoms with Gasteiger partial charge in [-0.15, -0.1) is 0 Å². The Hall–Kier alpha value is -1.93. The third kappa shape index (κ3) is 3.59. The van der Waals surface area contributed by atoms with E-state index in [-0.39, 0.29) is 17.1 Å². The molecule has 0 saturated carbocycles. The number of anilines is 1. The molecule has 0 fully saturated rings. The van der Waals surface area contributed by atoms with Gasteiger partial charge in [0.05, 0.1) is 16.3 Å². The molecular formula is C13H17FN4O2S. The molecule has 21 heavy (non-hydrogen) atoms. The molecule has 2 rings (SSSR count). The molecule has 0 spiro atoms. The molecular weight excluding hydrogens is 295 g/mol. The van der Waals surface area contributed by atoms with Crippen molar-refractivity contribution in [1.82, 2.24) is 14.5 Å². The number of nitrogens with two attached hydrogens (primary N) is 1. The first-order valence-electron chi connectivity index (χ1n) is 6.33. The molecule has 0 radical (unpaired) electrons. The highest BCUT2D eigenvalue weighted by Gasteiger charge is 2.18. The fraction of sp³-hybridized carbons (Fsp3) is 0.308. The second-order valence-electron chi connectivity index (χ2n) is 4.77. The van der Waals surface area contributed by atoms with Crippen LogP contribution in [0.2, 0.25) is 0 Å². The summed E-state index contributed by atoms with van der Waals surface area (Å²) in [6.07, 6.45) is 2.25. The SMILES string of the molecule is Cc1cc(F)c(N)cc1S(=O)(=O)NCCc1ccn(C)n1. The van der Waals surface area contributed by atoms with Crippen LogP contribution in [0.25, 0.3) is 0 Å². The summed E-state index contributed by atoms with van der Waals surface area (Å²) < 4.78 is 41.8. The van der Waals surface area contributed by atoms with Crippen LogP contribution in [-0.4, -0.2) is 24.7 Å². The number of aromatic nitrogens is 2. The van der Waals surface area contributed by atoms with Crippen molar-refractivity contribution in [2.75, 3.05) is 12.3 Å². The van der Waals surface area contributed by atoms with Gasteiger partial charge in [0.2, 0.25) is 10.0 Å². The van der Waals surface area contributed by atoms with E-state index in [9.17, 15) is 12.8 Å². The molecule has 1 aromatic carbocycles. The van der Waals surface area contributed by atoms with E-state index in [0.29, 0.717) is 12.0 Å². The van der Waals surface area contributed by atoms with Gasteiger partial charge in [-0.25, -0.2) is 17.5 Å². The first-order chi connectivity index (χ1) is 9.79. The van der Waals surface area contributed by atoms with E-state index in [0.717, 1.165) is 17.8 Å². The van der Waals surface area contributed by atoms with E-state index in [4.69, 9.17) is 5.73 Å². The van der Waals surface area contributed by atoms with Gasteiger partial charge in [0, 0.05) is 26.2 Å². The van der Waals surface area contributed by atoms with Crippen LogP contribution in [0.4, 0.5) is 10.1 Å². The van der Waals surface area contributed by atoms with Crippen LogP contribution < -0.4 is 10.5 Å². The maximum atomic E-state index is 13.3.